The first-order valence-electron chi connectivity index (χ1n) is 4.80. The summed E-state index contributed by atoms with van der Waals surface area (Å²) >= 11 is 0. The number of nitrogens with zero attached hydrogens (tertiary/aromatic N) is 1. The smallest absolute Gasteiger partial charge is 0.326 e. The van der Waals surface area contributed by atoms with Crippen LogP contribution in [0.4, 0.5) is 0 Å². The number of hydrogen-bond acceptors (Lipinski definition) is 2. The fourth-order valence-electron chi connectivity index (χ4n) is 1.73. The Labute approximate surface area is 83.2 Å². The van der Waals surface area contributed by atoms with Crippen molar-refractivity contribution >= 4 is 11.9 Å². The second kappa shape index (κ2) is 4.79. The molecular formula is C10H15NO3. The van der Waals surface area contributed by atoms with E-state index in [1.807, 2.05) is 0 Å². The van der Waals surface area contributed by atoms with Crippen LogP contribution in [0.3, 0.4) is 0 Å². The molecular weight excluding hydrogens is 182 g/mol. The van der Waals surface area contributed by atoms with Crippen LogP contribution in [-0.4, -0.2) is 34.5 Å². The Kier molecular flexibility index (Phi) is 3.68. The van der Waals surface area contributed by atoms with Crippen molar-refractivity contribution in [3.63, 3.8) is 0 Å². The van der Waals surface area contributed by atoms with Crippen LogP contribution in [-0.2, 0) is 9.59 Å². The summed E-state index contributed by atoms with van der Waals surface area (Å²) in [5.74, 6) is -1.03. The minimum Gasteiger partial charge on any atom is -0.480 e. The highest BCUT2D eigenvalue weighted by Crippen LogP contribution is 2.18. The number of carboxylic acid groups (broad SMARTS) is 1. The van der Waals surface area contributed by atoms with Gasteiger partial charge in [0.05, 0.1) is 0 Å². The number of piperidine rings is 1. The molecule has 78 valence electrons. The minimum absolute atomic E-state index is 0.132. The normalized spacial score (nSPS) is 21.7. The van der Waals surface area contributed by atoms with Gasteiger partial charge in [-0.05, 0) is 19.3 Å². The number of carboxylic acids is 1. The van der Waals surface area contributed by atoms with Gasteiger partial charge >= 0.3 is 5.97 Å². The van der Waals surface area contributed by atoms with Crippen molar-refractivity contribution in [2.75, 3.05) is 6.54 Å². The van der Waals surface area contributed by atoms with Crippen LogP contribution >= 0.6 is 0 Å². The number of hydrogen-bond donors (Lipinski definition) is 1. The van der Waals surface area contributed by atoms with E-state index in [1.165, 1.54) is 11.0 Å². The van der Waals surface area contributed by atoms with E-state index >= 15 is 0 Å². The van der Waals surface area contributed by atoms with Gasteiger partial charge in [0.2, 0.25) is 5.91 Å². The third kappa shape index (κ3) is 2.34. The molecule has 0 radical (unpaired) electrons. The van der Waals surface area contributed by atoms with Gasteiger partial charge in [0.15, 0.2) is 0 Å². The molecule has 0 aromatic carbocycles. The number of likely N-dealkylation sites (tertiary alicyclic amines) is 1. The van der Waals surface area contributed by atoms with Crippen LogP contribution in [0.25, 0.3) is 0 Å². The van der Waals surface area contributed by atoms with E-state index in [9.17, 15) is 9.59 Å². The molecule has 1 unspecified atom stereocenters. The second-order valence-electron chi connectivity index (χ2n) is 3.43. The Morgan fingerprint density at radius 3 is 2.79 bits per heavy atom. The van der Waals surface area contributed by atoms with E-state index in [2.05, 4.69) is 6.58 Å². The summed E-state index contributed by atoms with van der Waals surface area (Å²) in [5.41, 5.74) is 0. The lowest BCUT2D eigenvalue weighted by Crippen LogP contribution is -2.47. The first-order chi connectivity index (χ1) is 6.66. The Morgan fingerprint density at radius 2 is 2.21 bits per heavy atom. The minimum atomic E-state index is -0.901. The number of rotatable bonds is 3. The van der Waals surface area contributed by atoms with Crippen molar-refractivity contribution < 1.29 is 14.7 Å². The number of aliphatic carboxylic acids is 1. The van der Waals surface area contributed by atoms with Gasteiger partial charge in [-0.3, -0.25) is 4.79 Å². The molecule has 0 aromatic heterocycles. The first-order valence-corrected chi connectivity index (χ1v) is 4.80. The molecule has 1 fully saturated rings. The molecule has 0 aromatic rings. The van der Waals surface area contributed by atoms with E-state index in [1.54, 1.807) is 0 Å². The third-order valence-electron chi connectivity index (χ3n) is 2.43. The van der Waals surface area contributed by atoms with Gasteiger partial charge in [-0.15, -0.1) is 6.58 Å². The van der Waals surface area contributed by atoms with Crippen molar-refractivity contribution in [2.45, 2.75) is 31.7 Å². The van der Waals surface area contributed by atoms with Gasteiger partial charge in [-0.2, -0.15) is 0 Å². The molecule has 4 nitrogen and oxygen atoms in total. The molecule has 1 heterocycles. The van der Waals surface area contributed by atoms with Gasteiger partial charge in [0.25, 0.3) is 0 Å². The first kappa shape index (κ1) is 10.8. The maximum atomic E-state index is 11.5. The fraction of sp³-hybridized carbons (Fsp3) is 0.600. The highest BCUT2D eigenvalue weighted by molar-refractivity contribution is 5.84. The Hall–Kier alpha value is -1.32. The molecule has 1 rings (SSSR count). The van der Waals surface area contributed by atoms with Crippen LogP contribution in [0, 0.1) is 0 Å². The molecule has 1 atom stereocenters. The van der Waals surface area contributed by atoms with Crippen LogP contribution in [0.2, 0.25) is 0 Å². The monoisotopic (exact) mass is 197 g/mol. The molecule has 1 aliphatic heterocycles. The van der Waals surface area contributed by atoms with Crippen molar-refractivity contribution in [3.8, 4) is 0 Å². The summed E-state index contributed by atoms with van der Waals surface area (Å²) in [6.07, 6.45) is 4.08. The lowest BCUT2D eigenvalue weighted by atomic mass is 10.0. The van der Waals surface area contributed by atoms with Crippen LogP contribution in [0.1, 0.15) is 25.7 Å². The molecule has 14 heavy (non-hydrogen) atoms. The zero-order valence-electron chi connectivity index (χ0n) is 8.11. The predicted octanol–water partition coefficient (Wildman–Crippen LogP) is 1.03. The van der Waals surface area contributed by atoms with Crippen molar-refractivity contribution in [2.24, 2.45) is 0 Å². The van der Waals surface area contributed by atoms with Gasteiger partial charge in [0.1, 0.15) is 6.04 Å². The number of carbonyl (C=O) groups excluding carboxylic acids is 1. The summed E-state index contributed by atoms with van der Waals surface area (Å²) in [6, 6.07) is -0.629. The lowest BCUT2D eigenvalue weighted by Gasteiger charge is -2.32. The quantitative estimate of drug-likeness (QED) is 0.687. The fourth-order valence-corrected chi connectivity index (χ4v) is 1.73. The molecule has 0 aliphatic carbocycles. The van der Waals surface area contributed by atoms with E-state index in [0.717, 1.165) is 12.8 Å². The van der Waals surface area contributed by atoms with E-state index in [4.69, 9.17) is 5.11 Å². The van der Waals surface area contributed by atoms with Crippen LogP contribution < -0.4 is 0 Å². The second-order valence-corrected chi connectivity index (χ2v) is 3.43. The van der Waals surface area contributed by atoms with Crippen LogP contribution in [0.5, 0.6) is 0 Å². The van der Waals surface area contributed by atoms with Gasteiger partial charge in [-0.1, -0.05) is 6.08 Å². The standard InChI is InChI=1S/C10H15NO3/c1-2-5-9(12)11-7-4-3-6-8(11)10(13)14/h2,8H,1,3-7H2,(H,13,14). The SMILES string of the molecule is C=CCC(=O)N1CCCCC1C(=O)O. The summed E-state index contributed by atoms with van der Waals surface area (Å²) in [5, 5.41) is 8.91. The van der Waals surface area contributed by atoms with Gasteiger partial charge in [0, 0.05) is 13.0 Å². The van der Waals surface area contributed by atoms with Crippen molar-refractivity contribution in [1.82, 2.24) is 4.90 Å². The van der Waals surface area contributed by atoms with Crippen molar-refractivity contribution in [3.05, 3.63) is 12.7 Å². The summed E-state index contributed by atoms with van der Waals surface area (Å²) < 4.78 is 0. The predicted molar refractivity (Wildman–Crippen MR) is 51.8 cm³/mol. The zero-order valence-corrected chi connectivity index (χ0v) is 8.11. The Balaban J connectivity index is 2.66. The Bertz CT molecular complexity index is 250. The lowest BCUT2D eigenvalue weighted by molar-refractivity contribution is -0.151. The van der Waals surface area contributed by atoms with Crippen molar-refractivity contribution in [1.29, 1.82) is 0 Å². The molecule has 1 saturated heterocycles. The van der Waals surface area contributed by atoms with Gasteiger partial charge < -0.3 is 10.0 Å². The maximum Gasteiger partial charge on any atom is 0.326 e. The molecule has 1 N–H and O–H groups in total. The average molecular weight is 197 g/mol. The Morgan fingerprint density at radius 1 is 1.50 bits per heavy atom. The molecule has 4 heteroatoms. The summed E-state index contributed by atoms with van der Waals surface area (Å²) in [6.45, 7) is 4.03. The topological polar surface area (TPSA) is 57.6 Å². The van der Waals surface area contributed by atoms with Crippen LogP contribution in [0.15, 0.2) is 12.7 Å². The number of amides is 1. The molecule has 1 amide bonds. The van der Waals surface area contributed by atoms with E-state index in [-0.39, 0.29) is 12.3 Å². The zero-order chi connectivity index (χ0) is 10.6. The highest BCUT2D eigenvalue weighted by Gasteiger charge is 2.30. The van der Waals surface area contributed by atoms with E-state index in [0.29, 0.717) is 13.0 Å². The van der Waals surface area contributed by atoms with E-state index < -0.39 is 12.0 Å². The largest absolute Gasteiger partial charge is 0.480 e. The molecule has 1 aliphatic rings. The highest BCUT2D eigenvalue weighted by atomic mass is 16.4. The summed E-state index contributed by atoms with van der Waals surface area (Å²) in [4.78, 5) is 23.8. The average Bonchev–Trinajstić information content (AvgIpc) is 2.18. The third-order valence-corrected chi connectivity index (χ3v) is 2.43. The number of carbonyl (C=O) groups is 2. The maximum absolute atomic E-state index is 11.5. The molecule has 0 spiro atoms. The molecule has 0 saturated carbocycles. The van der Waals surface area contributed by atoms with Gasteiger partial charge in [-0.25, -0.2) is 4.79 Å². The molecule has 0 bridgehead atoms. The summed E-state index contributed by atoms with van der Waals surface area (Å²) in [7, 11) is 0.